The van der Waals surface area contributed by atoms with Crippen LogP contribution in [0.2, 0.25) is 0 Å². The van der Waals surface area contributed by atoms with Crippen LogP contribution in [0.3, 0.4) is 0 Å². The summed E-state index contributed by atoms with van der Waals surface area (Å²) < 4.78 is 7.19. The zero-order valence-corrected chi connectivity index (χ0v) is 11.7. The molecule has 0 saturated heterocycles. The van der Waals surface area contributed by atoms with E-state index in [1.807, 2.05) is 29.1 Å². The fourth-order valence-corrected chi connectivity index (χ4v) is 2.93. The Hall–Kier alpha value is -0.890. The van der Waals surface area contributed by atoms with Crippen LogP contribution in [0.5, 0.6) is 0 Å². The molecule has 0 atom stereocenters. The molecule has 0 aliphatic carbocycles. The number of aliphatic hydroxyl groups is 1. The molecule has 0 aliphatic rings. The number of aliphatic hydroxyl groups excluding tert-OH is 1. The molecule has 2 rings (SSSR count). The number of hydrogen-bond donors (Lipinski definition) is 1. The predicted molar refractivity (Wildman–Crippen MR) is 72.9 cm³/mol. The number of nitrogens with zero attached hydrogens (tertiary/aromatic N) is 3. The third kappa shape index (κ3) is 3.32. The topological polar surface area (TPSA) is 60.2 Å². The zero-order chi connectivity index (χ0) is 12.8. The van der Waals surface area contributed by atoms with Crippen molar-refractivity contribution < 1.29 is 9.84 Å². The SMILES string of the molecule is Cn1c(SCCOCCO)nnc1-c1cccs1. The second-order valence-corrected chi connectivity index (χ2v) is 5.54. The Morgan fingerprint density at radius 1 is 1.44 bits per heavy atom. The van der Waals surface area contributed by atoms with E-state index in [9.17, 15) is 0 Å². The summed E-state index contributed by atoms with van der Waals surface area (Å²) in [5.74, 6) is 1.69. The molecular weight excluding hydrogens is 270 g/mol. The average molecular weight is 285 g/mol. The summed E-state index contributed by atoms with van der Waals surface area (Å²) in [4.78, 5) is 1.12. The van der Waals surface area contributed by atoms with Crippen LogP contribution < -0.4 is 0 Å². The summed E-state index contributed by atoms with van der Waals surface area (Å²) in [6.07, 6.45) is 0. The number of thiophene rings is 1. The van der Waals surface area contributed by atoms with Crippen molar-refractivity contribution in [2.24, 2.45) is 7.05 Å². The van der Waals surface area contributed by atoms with Gasteiger partial charge in [0.25, 0.3) is 0 Å². The normalized spacial score (nSPS) is 11.0. The molecule has 0 fully saturated rings. The number of hydrogen-bond acceptors (Lipinski definition) is 6. The molecule has 0 aromatic carbocycles. The second-order valence-electron chi connectivity index (χ2n) is 3.53. The first kappa shape index (κ1) is 13.5. The van der Waals surface area contributed by atoms with Gasteiger partial charge in [-0.05, 0) is 11.4 Å². The van der Waals surface area contributed by atoms with E-state index >= 15 is 0 Å². The van der Waals surface area contributed by atoms with Crippen LogP contribution in [-0.2, 0) is 11.8 Å². The summed E-state index contributed by atoms with van der Waals surface area (Å²) in [6.45, 7) is 1.06. The summed E-state index contributed by atoms with van der Waals surface area (Å²) >= 11 is 3.26. The molecule has 18 heavy (non-hydrogen) atoms. The lowest BCUT2D eigenvalue weighted by atomic mass is 10.4. The minimum Gasteiger partial charge on any atom is -0.394 e. The molecular formula is C11H15N3O2S2. The van der Waals surface area contributed by atoms with Gasteiger partial charge in [-0.25, -0.2) is 0 Å². The van der Waals surface area contributed by atoms with Gasteiger partial charge >= 0.3 is 0 Å². The van der Waals surface area contributed by atoms with Crippen molar-refractivity contribution in [1.29, 1.82) is 0 Å². The van der Waals surface area contributed by atoms with E-state index in [4.69, 9.17) is 9.84 Å². The van der Waals surface area contributed by atoms with Crippen molar-refractivity contribution in [3.05, 3.63) is 17.5 Å². The highest BCUT2D eigenvalue weighted by Crippen LogP contribution is 2.25. The smallest absolute Gasteiger partial charge is 0.191 e. The van der Waals surface area contributed by atoms with Crippen LogP contribution in [0.4, 0.5) is 0 Å². The van der Waals surface area contributed by atoms with Crippen LogP contribution in [0.15, 0.2) is 22.7 Å². The molecule has 7 heteroatoms. The van der Waals surface area contributed by atoms with E-state index in [1.54, 1.807) is 23.1 Å². The van der Waals surface area contributed by atoms with Gasteiger partial charge in [-0.15, -0.1) is 21.5 Å². The van der Waals surface area contributed by atoms with Gasteiger partial charge in [-0.3, -0.25) is 0 Å². The van der Waals surface area contributed by atoms with Gasteiger partial charge in [0.05, 0.1) is 24.7 Å². The minimum atomic E-state index is 0.0666. The standard InChI is InChI=1S/C11H15N3O2S2/c1-14-10(9-3-2-7-17-9)12-13-11(14)18-8-6-16-5-4-15/h2-3,7,15H,4-6,8H2,1H3. The van der Waals surface area contributed by atoms with Crippen LogP contribution >= 0.6 is 23.1 Å². The summed E-state index contributed by atoms with van der Waals surface area (Å²) in [5, 5.41) is 19.8. The molecule has 0 bridgehead atoms. The zero-order valence-electron chi connectivity index (χ0n) is 10.1. The first-order valence-corrected chi connectivity index (χ1v) is 7.44. The van der Waals surface area contributed by atoms with Crippen molar-refractivity contribution >= 4 is 23.1 Å². The Kier molecular flexibility index (Phi) is 5.18. The Bertz CT molecular complexity index is 471. The molecule has 0 spiro atoms. The highest BCUT2D eigenvalue weighted by molar-refractivity contribution is 7.99. The Morgan fingerprint density at radius 3 is 3.06 bits per heavy atom. The summed E-state index contributed by atoms with van der Waals surface area (Å²) in [6, 6.07) is 4.04. The van der Waals surface area contributed by atoms with E-state index in [1.165, 1.54) is 0 Å². The molecule has 0 unspecified atom stereocenters. The highest BCUT2D eigenvalue weighted by atomic mass is 32.2. The average Bonchev–Trinajstić information content (AvgIpc) is 2.99. The van der Waals surface area contributed by atoms with Crippen LogP contribution in [0.1, 0.15) is 0 Å². The monoisotopic (exact) mass is 285 g/mol. The Labute approximate surface area is 114 Å². The van der Waals surface area contributed by atoms with Gasteiger partial charge in [0.1, 0.15) is 0 Å². The van der Waals surface area contributed by atoms with Crippen molar-refractivity contribution in [2.75, 3.05) is 25.6 Å². The molecule has 2 heterocycles. The van der Waals surface area contributed by atoms with Gasteiger partial charge in [0, 0.05) is 12.8 Å². The van der Waals surface area contributed by atoms with E-state index in [0.29, 0.717) is 13.2 Å². The van der Waals surface area contributed by atoms with Gasteiger partial charge in [-0.2, -0.15) is 0 Å². The van der Waals surface area contributed by atoms with Crippen molar-refractivity contribution in [3.63, 3.8) is 0 Å². The predicted octanol–water partition coefficient (Wildman–Crippen LogP) is 1.64. The van der Waals surface area contributed by atoms with E-state index in [2.05, 4.69) is 10.2 Å². The molecule has 0 radical (unpaired) electrons. The fourth-order valence-electron chi connectivity index (χ4n) is 1.42. The van der Waals surface area contributed by atoms with Gasteiger partial charge in [0.2, 0.25) is 0 Å². The van der Waals surface area contributed by atoms with Crippen molar-refractivity contribution in [2.45, 2.75) is 5.16 Å². The van der Waals surface area contributed by atoms with Crippen molar-refractivity contribution in [3.8, 4) is 10.7 Å². The molecule has 0 aliphatic heterocycles. The minimum absolute atomic E-state index is 0.0666. The first-order valence-electron chi connectivity index (χ1n) is 5.57. The largest absolute Gasteiger partial charge is 0.394 e. The van der Waals surface area contributed by atoms with E-state index in [0.717, 1.165) is 21.6 Å². The maximum atomic E-state index is 8.58. The Balaban J connectivity index is 1.91. The summed E-state index contributed by atoms with van der Waals surface area (Å²) in [7, 11) is 1.96. The highest BCUT2D eigenvalue weighted by Gasteiger charge is 2.11. The molecule has 98 valence electrons. The molecule has 2 aromatic heterocycles. The number of thioether (sulfide) groups is 1. The third-order valence-corrected chi connectivity index (χ3v) is 4.12. The Morgan fingerprint density at radius 2 is 2.33 bits per heavy atom. The van der Waals surface area contributed by atoms with Crippen LogP contribution in [-0.4, -0.2) is 45.4 Å². The molecule has 2 aromatic rings. The molecule has 1 N–H and O–H groups in total. The molecule has 5 nitrogen and oxygen atoms in total. The lowest BCUT2D eigenvalue weighted by Crippen LogP contribution is -2.03. The van der Waals surface area contributed by atoms with Crippen LogP contribution in [0.25, 0.3) is 10.7 Å². The maximum Gasteiger partial charge on any atom is 0.191 e. The molecule has 0 saturated carbocycles. The number of rotatable bonds is 7. The lowest BCUT2D eigenvalue weighted by molar-refractivity contribution is 0.103. The van der Waals surface area contributed by atoms with Gasteiger partial charge in [0.15, 0.2) is 11.0 Å². The second kappa shape index (κ2) is 6.89. The first-order chi connectivity index (χ1) is 8.83. The van der Waals surface area contributed by atoms with Crippen LogP contribution in [0, 0.1) is 0 Å². The van der Waals surface area contributed by atoms with Gasteiger partial charge in [-0.1, -0.05) is 17.8 Å². The quantitative estimate of drug-likeness (QED) is 0.619. The van der Waals surface area contributed by atoms with Crippen molar-refractivity contribution in [1.82, 2.24) is 14.8 Å². The number of ether oxygens (including phenoxy) is 1. The third-order valence-electron chi connectivity index (χ3n) is 2.27. The van der Waals surface area contributed by atoms with E-state index < -0.39 is 0 Å². The van der Waals surface area contributed by atoms with E-state index in [-0.39, 0.29) is 6.61 Å². The fraction of sp³-hybridized carbons (Fsp3) is 0.455. The summed E-state index contributed by atoms with van der Waals surface area (Å²) in [5.41, 5.74) is 0. The maximum absolute atomic E-state index is 8.58. The van der Waals surface area contributed by atoms with Gasteiger partial charge < -0.3 is 14.4 Å². The number of aromatic nitrogens is 3. The molecule has 0 amide bonds. The lowest BCUT2D eigenvalue weighted by Gasteiger charge is -2.03.